The summed E-state index contributed by atoms with van der Waals surface area (Å²) in [6.07, 6.45) is 4.00. The predicted molar refractivity (Wildman–Crippen MR) is 74.4 cm³/mol. The average Bonchev–Trinajstić information content (AvgIpc) is 3.20. The topological polar surface area (TPSA) is 40.5 Å². The van der Waals surface area contributed by atoms with E-state index in [1.54, 1.807) is 22.7 Å². The Kier molecular flexibility index (Phi) is 4.54. The number of hydrogen-bond acceptors (Lipinski definition) is 3. The van der Waals surface area contributed by atoms with Crippen molar-refractivity contribution < 1.29 is 9.90 Å². The largest absolute Gasteiger partial charge is 0.395 e. The third-order valence-electron chi connectivity index (χ3n) is 2.99. The van der Waals surface area contributed by atoms with Crippen molar-refractivity contribution in [1.29, 1.82) is 0 Å². The van der Waals surface area contributed by atoms with Crippen LogP contribution in [0.15, 0.2) is 23.1 Å². The van der Waals surface area contributed by atoms with E-state index in [1.165, 1.54) is 0 Å². The minimum absolute atomic E-state index is 0.0118. The molecule has 1 saturated carbocycles. The Bertz CT molecular complexity index is 449. The molecule has 1 aliphatic carbocycles. The molecule has 0 aliphatic heterocycles. The molecule has 3 nitrogen and oxygen atoms in total. The van der Waals surface area contributed by atoms with Gasteiger partial charge in [0.05, 0.1) is 17.2 Å². The van der Waals surface area contributed by atoms with Gasteiger partial charge in [-0.1, -0.05) is 11.6 Å². The van der Waals surface area contributed by atoms with Gasteiger partial charge in [0, 0.05) is 17.5 Å². The lowest BCUT2D eigenvalue weighted by molar-refractivity contribution is 0.0707. The number of aliphatic hydroxyl groups excluding tert-OH is 1. The molecule has 0 saturated heterocycles. The number of halogens is 1. The average molecular weight is 286 g/mol. The first-order valence-corrected chi connectivity index (χ1v) is 7.53. The number of aliphatic hydroxyl groups is 1. The van der Waals surface area contributed by atoms with Gasteiger partial charge in [-0.05, 0) is 37.3 Å². The molecule has 0 aromatic heterocycles. The van der Waals surface area contributed by atoms with Gasteiger partial charge >= 0.3 is 0 Å². The maximum atomic E-state index is 12.4. The van der Waals surface area contributed by atoms with Crippen LogP contribution in [0.2, 0.25) is 5.02 Å². The third kappa shape index (κ3) is 2.99. The molecule has 2 rings (SSSR count). The maximum absolute atomic E-state index is 12.4. The zero-order valence-electron chi connectivity index (χ0n) is 10.2. The van der Waals surface area contributed by atoms with E-state index in [-0.39, 0.29) is 18.6 Å². The summed E-state index contributed by atoms with van der Waals surface area (Å²) < 4.78 is 0. The van der Waals surface area contributed by atoms with Crippen molar-refractivity contribution in [3.8, 4) is 0 Å². The fourth-order valence-corrected chi connectivity index (χ4v) is 2.53. The molecule has 1 aliphatic rings. The monoisotopic (exact) mass is 285 g/mol. The highest BCUT2D eigenvalue weighted by atomic mass is 35.5. The smallest absolute Gasteiger partial charge is 0.255 e. The molecule has 1 N–H and O–H groups in total. The second-order valence-corrected chi connectivity index (χ2v) is 5.59. The number of amides is 1. The Labute approximate surface area is 116 Å². The summed E-state index contributed by atoms with van der Waals surface area (Å²) in [5.41, 5.74) is 0.531. The molecule has 0 spiro atoms. The third-order valence-corrected chi connectivity index (χ3v) is 4.05. The van der Waals surface area contributed by atoms with Crippen molar-refractivity contribution in [3.05, 3.63) is 28.8 Å². The Morgan fingerprint density at radius 2 is 2.28 bits per heavy atom. The Hall–Kier alpha value is -0.710. The lowest BCUT2D eigenvalue weighted by atomic mass is 10.2. The Morgan fingerprint density at radius 1 is 1.56 bits per heavy atom. The standard InChI is InChI=1S/C13H16ClNO2S/c1-18-10-4-5-12(14)11(8-10)13(17)15(6-7-16)9-2-3-9/h4-5,8-9,16H,2-3,6-7H2,1H3. The normalized spacial score (nSPS) is 14.6. The van der Waals surface area contributed by atoms with Crippen LogP contribution in [0.4, 0.5) is 0 Å². The number of carbonyl (C=O) groups is 1. The van der Waals surface area contributed by atoms with E-state index in [0.717, 1.165) is 17.7 Å². The molecular weight excluding hydrogens is 270 g/mol. The van der Waals surface area contributed by atoms with Crippen LogP contribution in [0.25, 0.3) is 0 Å². The van der Waals surface area contributed by atoms with Crippen LogP contribution in [0.3, 0.4) is 0 Å². The number of thioether (sulfide) groups is 1. The number of hydrogen-bond donors (Lipinski definition) is 1. The van der Waals surface area contributed by atoms with Crippen molar-refractivity contribution in [2.75, 3.05) is 19.4 Å². The van der Waals surface area contributed by atoms with Crippen molar-refractivity contribution in [2.45, 2.75) is 23.8 Å². The van der Waals surface area contributed by atoms with Gasteiger partial charge in [0.15, 0.2) is 0 Å². The molecule has 1 aromatic rings. The molecule has 0 unspecified atom stereocenters. The minimum Gasteiger partial charge on any atom is -0.395 e. The van der Waals surface area contributed by atoms with E-state index in [4.69, 9.17) is 16.7 Å². The summed E-state index contributed by atoms with van der Waals surface area (Å²) in [6, 6.07) is 5.75. The zero-order valence-corrected chi connectivity index (χ0v) is 11.8. The fourth-order valence-electron chi connectivity index (χ4n) is 1.89. The summed E-state index contributed by atoms with van der Waals surface area (Å²) in [7, 11) is 0. The highest BCUT2D eigenvalue weighted by Gasteiger charge is 2.33. The fraction of sp³-hybridized carbons (Fsp3) is 0.462. The predicted octanol–water partition coefficient (Wildman–Crippen LogP) is 2.66. The molecule has 0 bridgehead atoms. The quantitative estimate of drug-likeness (QED) is 0.846. The number of benzene rings is 1. The summed E-state index contributed by atoms with van der Waals surface area (Å²) in [5, 5.41) is 9.52. The van der Waals surface area contributed by atoms with Gasteiger partial charge < -0.3 is 10.0 Å². The van der Waals surface area contributed by atoms with Crippen molar-refractivity contribution in [3.63, 3.8) is 0 Å². The molecule has 1 amide bonds. The molecule has 18 heavy (non-hydrogen) atoms. The van der Waals surface area contributed by atoms with Crippen LogP contribution in [-0.2, 0) is 0 Å². The van der Waals surface area contributed by atoms with Gasteiger partial charge in [-0.2, -0.15) is 0 Å². The highest BCUT2D eigenvalue weighted by Crippen LogP contribution is 2.30. The molecule has 1 fully saturated rings. The second-order valence-electron chi connectivity index (χ2n) is 4.30. The minimum atomic E-state index is -0.0764. The molecule has 5 heteroatoms. The Balaban J connectivity index is 2.25. The van der Waals surface area contributed by atoms with E-state index in [0.29, 0.717) is 17.1 Å². The van der Waals surface area contributed by atoms with Crippen LogP contribution in [0, 0.1) is 0 Å². The van der Waals surface area contributed by atoms with Gasteiger partial charge in [0.2, 0.25) is 0 Å². The second kappa shape index (κ2) is 5.95. The van der Waals surface area contributed by atoms with E-state index in [2.05, 4.69) is 0 Å². The first-order valence-electron chi connectivity index (χ1n) is 5.92. The first-order chi connectivity index (χ1) is 8.67. The highest BCUT2D eigenvalue weighted by molar-refractivity contribution is 7.98. The van der Waals surface area contributed by atoms with Crippen molar-refractivity contribution in [1.82, 2.24) is 4.90 Å². The molecule has 0 radical (unpaired) electrons. The first kappa shape index (κ1) is 13.7. The van der Waals surface area contributed by atoms with Crippen LogP contribution in [0.1, 0.15) is 23.2 Å². The van der Waals surface area contributed by atoms with Gasteiger partial charge in [-0.15, -0.1) is 11.8 Å². The van der Waals surface area contributed by atoms with Crippen molar-refractivity contribution >= 4 is 29.3 Å². The van der Waals surface area contributed by atoms with Gasteiger partial charge in [0.25, 0.3) is 5.91 Å². The summed E-state index contributed by atoms with van der Waals surface area (Å²) >= 11 is 7.68. The van der Waals surface area contributed by atoms with Crippen molar-refractivity contribution in [2.24, 2.45) is 0 Å². The van der Waals surface area contributed by atoms with E-state index in [9.17, 15) is 4.79 Å². The molecule has 0 atom stereocenters. The SMILES string of the molecule is CSc1ccc(Cl)c(C(=O)N(CCO)C2CC2)c1. The van der Waals surface area contributed by atoms with E-state index in [1.807, 2.05) is 18.4 Å². The van der Waals surface area contributed by atoms with Crippen LogP contribution >= 0.6 is 23.4 Å². The molecule has 0 heterocycles. The number of carbonyl (C=O) groups excluding carboxylic acids is 1. The van der Waals surface area contributed by atoms with Crippen LogP contribution < -0.4 is 0 Å². The van der Waals surface area contributed by atoms with Crippen LogP contribution in [0.5, 0.6) is 0 Å². The summed E-state index contributed by atoms with van der Waals surface area (Å²) in [6.45, 7) is 0.366. The summed E-state index contributed by atoms with van der Waals surface area (Å²) in [4.78, 5) is 15.2. The molecule has 1 aromatic carbocycles. The zero-order chi connectivity index (χ0) is 13.1. The lowest BCUT2D eigenvalue weighted by Gasteiger charge is -2.22. The number of rotatable bonds is 5. The number of nitrogens with zero attached hydrogens (tertiary/aromatic N) is 1. The van der Waals surface area contributed by atoms with E-state index >= 15 is 0 Å². The Morgan fingerprint density at radius 3 is 2.83 bits per heavy atom. The maximum Gasteiger partial charge on any atom is 0.255 e. The van der Waals surface area contributed by atoms with Gasteiger partial charge in [-0.3, -0.25) is 4.79 Å². The van der Waals surface area contributed by atoms with E-state index < -0.39 is 0 Å². The van der Waals surface area contributed by atoms with Gasteiger partial charge in [0.1, 0.15) is 0 Å². The molecular formula is C13H16ClNO2S. The molecule has 98 valence electrons. The lowest BCUT2D eigenvalue weighted by Crippen LogP contribution is -2.35. The van der Waals surface area contributed by atoms with Gasteiger partial charge in [-0.25, -0.2) is 0 Å². The van der Waals surface area contributed by atoms with Crippen LogP contribution in [-0.4, -0.2) is 41.4 Å². The summed E-state index contributed by atoms with van der Waals surface area (Å²) in [5.74, 6) is -0.0764.